The van der Waals surface area contributed by atoms with E-state index in [-0.39, 0.29) is 11.3 Å². The summed E-state index contributed by atoms with van der Waals surface area (Å²) < 4.78 is 6.89. The number of nitrogens with zero attached hydrogens (tertiary/aromatic N) is 4. The number of aromatic nitrogens is 4. The molecule has 2 aromatic rings. The second-order valence-electron chi connectivity index (χ2n) is 7.25. The Hall–Kier alpha value is -1.34. The predicted octanol–water partition coefficient (Wildman–Crippen LogP) is 6.61. The fourth-order valence-electron chi connectivity index (χ4n) is 3.19. The van der Waals surface area contributed by atoms with Crippen LogP contribution in [0.1, 0.15) is 84.9 Å². The van der Waals surface area contributed by atoms with Gasteiger partial charge in [0.1, 0.15) is 16.4 Å². The van der Waals surface area contributed by atoms with Crippen molar-refractivity contribution in [3.63, 3.8) is 0 Å². The number of hydrogen-bond acceptors (Lipinski definition) is 6. The number of halogens is 1. The maximum atomic E-state index is 11.1. The van der Waals surface area contributed by atoms with Crippen LogP contribution in [0.25, 0.3) is 11.2 Å². The highest BCUT2D eigenvalue weighted by Gasteiger charge is 2.17. The lowest BCUT2D eigenvalue weighted by Crippen LogP contribution is -2.03. The molecule has 0 fully saturated rings. The Labute approximate surface area is 190 Å². The van der Waals surface area contributed by atoms with Gasteiger partial charge in [0, 0.05) is 18.2 Å². The third-order valence-corrected chi connectivity index (χ3v) is 5.72. The Balaban J connectivity index is 0.00000218. The lowest BCUT2D eigenvalue weighted by Gasteiger charge is -2.11. The zero-order valence-electron chi connectivity index (χ0n) is 19.3. The van der Waals surface area contributed by atoms with E-state index in [1.54, 1.807) is 11.8 Å². The van der Waals surface area contributed by atoms with E-state index in [1.165, 1.54) is 32.8 Å². The Kier molecular flexibility index (Phi) is 13.0. The van der Waals surface area contributed by atoms with Crippen molar-refractivity contribution in [1.29, 1.82) is 0 Å². The van der Waals surface area contributed by atoms with Gasteiger partial charge in [0.25, 0.3) is 0 Å². The number of esters is 1. The average Bonchev–Trinajstić information content (AvgIpc) is 3.02. The molecule has 0 saturated carbocycles. The van der Waals surface area contributed by atoms with Gasteiger partial charge in [-0.15, -0.1) is 11.8 Å². The van der Waals surface area contributed by atoms with Crippen LogP contribution in [-0.4, -0.2) is 37.8 Å². The number of ether oxygens (including phenoxy) is 1. The number of aryl methyl sites for hydroxylation is 2. The van der Waals surface area contributed by atoms with Gasteiger partial charge in [-0.3, -0.25) is 4.79 Å². The number of unbranched alkanes of at least 4 members (excludes halogenated alkanes) is 6. The first kappa shape index (κ1) is 26.7. The molecular formula is C22H37ClN4O2S. The maximum absolute atomic E-state index is 11.1. The van der Waals surface area contributed by atoms with Gasteiger partial charge >= 0.3 is 5.97 Å². The fraction of sp³-hybridized carbons (Fsp3) is 0.727. The Morgan fingerprint density at radius 1 is 1.03 bits per heavy atom. The highest BCUT2D eigenvalue weighted by atomic mass is 35.5. The molecule has 6 nitrogen and oxygen atoms in total. The zero-order chi connectivity index (χ0) is 22.5. The molecule has 0 spiro atoms. The predicted molar refractivity (Wildman–Crippen MR) is 126 cm³/mol. The number of hydrogen-bond donors (Lipinski definition) is 0. The summed E-state index contributed by atoms with van der Waals surface area (Å²) in [6.07, 6.45) is 8.41. The Morgan fingerprint density at radius 3 is 2.23 bits per heavy atom. The van der Waals surface area contributed by atoms with Gasteiger partial charge in [0.05, 0.1) is 7.11 Å². The number of rotatable bonds is 12. The summed E-state index contributed by atoms with van der Waals surface area (Å²) in [5.41, 5.74) is 1.69. The van der Waals surface area contributed by atoms with Crippen LogP contribution in [0.4, 0.5) is 0 Å². The van der Waals surface area contributed by atoms with Gasteiger partial charge in [-0.25, -0.2) is 9.97 Å². The van der Waals surface area contributed by atoms with Gasteiger partial charge in [-0.1, -0.05) is 59.8 Å². The summed E-state index contributed by atoms with van der Waals surface area (Å²) in [6, 6.07) is 0. The van der Waals surface area contributed by atoms with E-state index in [0.717, 1.165) is 42.2 Å². The van der Waals surface area contributed by atoms with Crippen LogP contribution in [0.15, 0.2) is 5.03 Å². The number of imidazole rings is 1. The van der Waals surface area contributed by atoms with Crippen molar-refractivity contribution in [3.05, 3.63) is 11.1 Å². The summed E-state index contributed by atoms with van der Waals surface area (Å²) in [5, 5.41) is 1.58. The molecule has 0 atom stereocenters. The van der Waals surface area contributed by atoms with Gasteiger partial charge in [0.15, 0.2) is 5.65 Å². The Morgan fingerprint density at radius 2 is 1.63 bits per heavy atom. The maximum Gasteiger partial charge on any atom is 0.305 e. The van der Waals surface area contributed by atoms with Crippen molar-refractivity contribution in [2.75, 3.05) is 7.11 Å². The summed E-state index contributed by atoms with van der Waals surface area (Å²) in [4.78, 5) is 24.4. The van der Waals surface area contributed by atoms with Crippen molar-refractivity contribution in [2.45, 2.75) is 103 Å². The quantitative estimate of drug-likeness (QED) is 0.118. The Bertz CT molecular complexity index is 780. The molecule has 0 N–H and O–H groups in total. The average molecular weight is 457 g/mol. The standard InChI is InChI=1S/C20H31ClN4O2S.C2H6/c1-14(2)28-19-17-18(23-20(21)24-19)22-15(3)25(17)13-11-9-7-5-6-8-10-12-16(26)27-4;1-2/h14H,5-13H2,1-4H3;1-2H3. The van der Waals surface area contributed by atoms with E-state index >= 15 is 0 Å². The van der Waals surface area contributed by atoms with Crippen molar-refractivity contribution in [3.8, 4) is 0 Å². The fourth-order valence-corrected chi connectivity index (χ4v) is 4.30. The largest absolute Gasteiger partial charge is 0.469 e. The topological polar surface area (TPSA) is 69.9 Å². The second-order valence-corrected chi connectivity index (χ2v) is 9.15. The monoisotopic (exact) mass is 456 g/mol. The minimum atomic E-state index is -0.108. The molecule has 0 amide bonds. The third kappa shape index (κ3) is 8.80. The van der Waals surface area contributed by atoms with Crippen LogP contribution in [0.2, 0.25) is 5.28 Å². The molecule has 0 aromatic carbocycles. The van der Waals surface area contributed by atoms with Gasteiger partial charge < -0.3 is 9.30 Å². The first-order valence-electron chi connectivity index (χ1n) is 11.1. The SMILES string of the molecule is CC.COC(=O)CCCCCCCCCn1c(C)nc2nc(Cl)nc(SC(C)C)c21. The van der Waals surface area contributed by atoms with Gasteiger partial charge in [0.2, 0.25) is 5.28 Å². The summed E-state index contributed by atoms with van der Waals surface area (Å²) in [5.74, 6) is 0.850. The molecule has 0 bridgehead atoms. The van der Waals surface area contributed by atoms with Crippen molar-refractivity contribution >= 4 is 40.5 Å². The lowest BCUT2D eigenvalue weighted by atomic mass is 10.1. The summed E-state index contributed by atoms with van der Waals surface area (Å²) in [7, 11) is 1.44. The molecule has 2 aromatic heterocycles. The molecule has 0 radical (unpaired) electrons. The normalized spacial score (nSPS) is 10.9. The van der Waals surface area contributed by atoms with Gasteiger partial charge in [-0.2, -0.15) is 4.98 Å². The van der Waals surface area contributed by atoms with Crippen LogP contribution in [-0.2, 0) is 16.1 Å². The number of carbonyl (C=O) groups excluding carboxylic acids is 1. The minimum Gasteiger partial charge on any atom is -0.469 e. The number of carbonyl (C=O) groups is 1. The zero-order valence-corrected chi connectivity index (χ0v) is 20.9. The van der Waals surface area contributed by atoms with Crippen LogP contribution < -0.4 is 0 Å². The molecule has 8 heteroatoms. The molecule has 0 aliphatic rings. The molecule has 0 unspecified atom stereocenters. The highest BCUT2D eigenvalue weighted by molar-refractivity contribution is 8.00. The third-order valence-electron chi connectivity index (χ3n) is 4.57. The second kappa shape index (κ2) is 14.6. The molecule has 2 heterocycles. The first-order valence-corrected chi connectivity index (χ1v) is 12.3. The smallest absolute Gasteiger partial charge is 0.305 e. The van der Waals surface area contributed by atoms with Gasteiger partial charge in [-0.05, 0) is 31.4 Å². The van der Waals surface area contributed by atoms with E-state index in [4.69, 9.17) is 11.6 Å². The first-order chi connectivity index (χ1) is 14.4. The summed E-state index contributed by atoms with van der Waals surface area (Å²) >= 11 is 7.78. The minimum absolute atomic E-state index is 0.108. The van der Waals surface area contributed by atoms with Crippen molar-refractivity contribution < 1.29 is 9.53 Å². The van der Waals surface area contributed by atoms with Crippen LogP contribution in [0.5, 0.6) is 0 Å². The van der Waals surface area contributed by atoms with E-state index in [0.29, 0.717) is 17.3 Å². The van der Waals surface area contributed by atoms with Crippen molar-refractivity contribution in [2.24, 2.45) is 0 Å². The van der Waals surface area contributed by atoms with E-state index in [1.807, 2.05) is 20.8 Å². The van der Waals surface area contributed by atoms with Crippen LogP contribution >= 0.6 is 23.4 Å². The van der Waals surface area contributed by atoms with Crippen molar-refractivity contribution in [1.82, 2.24) is 19.5 Å². The molecule has 0 aliphatic heterocycles. The molecule has 0 aliphatic carbocycles. The lowest BCUT2D eigenvalue weighted by molar-refractivity contribution is -0.140. The number of fused-ring (bicyclic) bond motifs is 1. The molecule has 170 valence electrons. The summed E-state index contributed by atoms with van der Waals surface area (Å²) in [6.45, 7) is 11.2. The van der Waals surface area contributed by atoms with E-state index < -0.39 is 0 Å². The van der Waals surface area contributed by atoms with E-state index in [9.17, 15) is 4.79 Å². The molecule has 0 saturated heterocycles. The molecular weight excluding hydrogens is 420 g/mol. The number of thioether (sulfide) groups is 1. The van der Waals surface area contributed by atoms with E-state index in [2.05, 4.69) is 38.1 Å². The highest BCUT2D eigenvalue weighted by Crippen LogP contribution is 2.30. The number of methoxy groups -OCH3 is 1. The van der Waals surface area contributed by atoms with Crippen LogP contribution in [0.3, 0.4) is 0 Å². The molecule has 30 heavy (non-hydrogen) atoms. The van der Waals surface area contributed by atoms with Crippen LogP contribution in [0, 0.1) is 6.92 Å². The molecule has 2 rings (SSSR count).